The Hall–Kier alpha value is -3.40. The van der Waals surface area contributed by atoms with E-state index in [2.05, 4.69) is 5.10 Å². The van der Waals surface area contributed by atoms with Crippen LogP contribution in [0.1, 0.15) is 19.4 Å². The predicted molar refractivity (Wildman–Crippen MR) is 123 cm³/mol. The fraction of sp³-hybridized carbons (Fsp3) is 0.364. The molecule has 0 unspecified atom stereocenters. The Balaban J connectivity index is 1.60. The fourth-order valence-corrected chi connectivity index (χ4v) is 4.89. The molecule has 4 heterocycles. The Kier molecular flexibility index (Phi) is 4.89. The minimum atomic E-state index is -0.438. The molecule has 5 rings (SSSR count). The summed E-state index contributed by atoms with van der Waals surface area (Å²) in [6.07, 6.45) is 0. The average molecular weight is 454 g/mol. The van der Waals surface area contributed by atoms with E-state index in [9.17, 15) is 14.4 Å². The summed E-state index contributed by atoms with van der Waals surface area (Å²) in [6, 6.07) is 7.41. The van der Waals surface area contributed by atoms with E-state index in [4.69, 9.17) is 4.74 Å². The van der Waals surface area contributed by atoms with Crippen molar-refractivity contribution in [2.75, 3.05) is 18.1 Å². The lowest BCUT2D eigenvalue weighted by Gasteiger charge is -2.29. The summed E-state index contributed by atoms with van der Waals surface area (Å²) in [5, 5.41) is 6.21. The van der Waals surface area contributed by atoms with Crippen LogP contribution in [0.2, 0.25) is 0 Å². The molecule has 1 aromatic carbocycles. The Bertz CT molecular complexity index is 1480. The summed E-state index contributed by atoms with van der Waals surface area (Å²) < 4.78 is 10.3. The van der Waals surface area contributed by atoms with Crippen molar-refractivity contribution < 1.29 is 9.53 Å². The van der Waals surface area contributed by atoms with Crippen molar-refractivity contribution in [3.8, 4) is 5.75 Å². The van der Waals surface area contributed by atoms with E-state index in [0.29, 0.717) is 41.3 Å². The Morgan fingerprint density at radius 3 is 2.84 bits per heavy atom. The van der Waals surface area contributed by atoms with Crippen molar-refractivity contribution >= 4 is 38.9 Å². The number of hydrogen-bond acceptors (Lipinski definition) is 6. The molecule has 1 aliphatic heterocycles. The van der Waals surface area contributed by atoms with Gasteiger partial charge in [0.2, 0.25) is 11.7 Å². The van der Waals surface area contributed by atoms with Crippen LogP contribution >= 0.6 is 11.3 Å². The third-order valence-corrected chi connectivity index (χ3v) is 6.39. The molecule has 9 nitrogen and oxygen atoms in total. The van der Waals surface area contributed by atoms with Crippen LogP contribution in [0.25, 0.3) is 16.0 Å². The molecule has 1 amide bonds. The Labute approximate surface area is 187 Å². The van der Waals surface area contributed by atoms with E-state index in [-0.39, 0.29) is 29.7 Å². The van der Waals surface area contributed by atoms with Crippen LogP contribution in [-0.4, -0.2) is 37.8 Å². The number of thiophene rings is 1. The van der Waals surface area contributed by atoms with Gasteiger partial charge in [-0.25, -0.2) is 13.9 Å². The number of rotatable bonds is 4. The molecule has 1 aliphatic rings. The number of anilines is 1. The monoisotopic (exact) mass is 453 g/mol. The zero-order valence-corrected chi connectivity index (χ0v) is 18.9. The fourth-order valence-electron chi connectivity index (χ4n) is 4.07. The molecule has 166 valence electrons. The normalized spacial score (nSPS) is 13.7. The summed E-state index contributed by atoms with van der Waals surface area (Å²) in [4.78, 5) is 41.1. The van der Waals surface area contributed by atoms with Crippen LogP contribution in [0.3, 0.4) is 0 Å². The van der Waals surface area contributed by atoms with Crippen molar-refractivity contribution in [3.63, 3.8) is 0 Å². The Morgan fingerprint density at radius 2 is 2.06 bits per heavy atom. The van der Waals surface area contributed by atoms with E-state index in [0.717, 1.165) is 10.2 Å². The minimum Gasteiger partial charge on any atom is -0.490 e. The van der Waals surface area contributed by atoms with E-state index in [1.807, 2.05) is 39.0 Å². The molecule has 0 saturated heterocycles. The first-order valence-electron chi connectivity index (χ1n) is 10.5. The van der Waals surface area contributed by atoms with Gasteiger partial charge in [0.25, 0.3) is 5.56 Å². The lowest BCUT2D eigenvalue weighted by atomic mass is 10.1. The molecule has 0 spiro atoms. The van der Waals surface area contributed by atoms with E-state index < -0.39 is 5.69 Å². The zero-order chi connectivity index (χ0) is 22.6. The molecule has 0 bridgehead atoms. The summed E-state index contributed by atoms with van der Waals surface area (Å²) in [7, 11) is 0. The van der Waals surface area contributed by atoms with Gasteiger partial charge in [-0.15, -0.1) is 16.4 Å². The van der Waals surface area contributed by atoms with Crippen LogP contribution in [0.5, 0.6) is 5.75 Å². The molecule has 3 aromatic heterocycles. The van der Waals surface area contributed by atoms with Gasteiger partial charge in [0.1, 0.15) is 23.6 Å². The second-order valence-electron chi connectivity index (χ2n) is 8.39. The number of aryl methyl sites for hydroxylation is 1. The van der Waals surface area contributed by atoms with Crippen LogP contribution in [0.15, 0.2) is 39.2 Å². The van der Waals surface area contributed by atoms with Crippen LogP contribution in [0.4, 0.5) is 5.69 Å². The standard InChI is InChI=1S/C22H23N5O4S/c1-13(2)11-25-20(29)19-15(6-9-32-19)27-21(25)23-26(22(27)30)12-18(28)24-7-8-31-17-5-4-14(3)10-16(17)24/h4-6,9-10,13H,7-8,11-12H2,1-3H3. The van der Waals surface area contributed by atoms with Gasteiger partial charge in [0.05, 0.1) is 17.7 Å². The molecule has 0 saturated carbocycles. The molecule has 0 aliphatic carbocycles. The molecule has 10 heteroatoms. The molecular formula is C22H23N5O4S. The number of benzene rings is 1. The number of carbonyl (C=O) groups is 1. The van der Waals surface area contributed by atoms with Gasteiger partial charge < -0.3 is 9.64 Å². The first-order chi connectivity index (χ1) is 15.3. The number of fused-ring (bicyclic) bond motifs is 4. The summed E-state index contributed by atoms with van der Waals surface area (Å²) >= 11 is 1.30. The van der Waals surface area contributed by atoms with Crippen molar-refractivity contribution in [1.29, 1.82) is 0 Å². The van der Waals surface area contributed by atoms with Gasteiger partial charge in [0, 0.05) is 6.54 Å². The molecule has 0 radical (unpaired) electrons. The maximum atomic E-state index is 13.3. The summed E-state index contributed by atoms with van der Waals surface area (Å²) in [6.45, 7) is 6.92. The quantitative estimate of drug-likeness (QED) is 0.473. The van der Waals surface area contributed by atoms with Crippen molar-refractivity contribution in [3.05, 3.63) is 56.0 Å². The van der Waals surface area contributed by atoms with Gasteiger partial charge in [-0.05, 0) is 42.0 Å². The highest BCUT2D eigenvalue weighted by atomic mass is 32.1. The SMILES string of the molecule is Cc1ccc2c(c1)N(C(=O)Cn1nc3n(CC(C)C)c(=O)c4sccc4n3c1=O)CCO2. The van der Waals surface area contributed by atoms with Crippen molar-refractivity contribution in [2.45, 2.75) is 33.9 Å². The molecule has 4 aromatic rings. The number of carbonyl (C=O) groups excluding carboxylic acids is 1. The zero-order valence-electron chi connectivity index (χ0n) is 18.1. The highest BCUT2D eigenvalue weighted by Gasteiger charge is 2.26. The lowest BCUT2D eigenvalue weighted by Crippen LogP contribution is -2.41. The van der Waals surface area contributed by atoms with E-state index in [1.54, 1.807) is 16.3 Å². The van der Waals surface area contributed by atoms with Crippen LogP contribution < -0.4 is 20.9 Å². The second kappa shape index (κ2) is 7.63. The number of hydrogen-bond donors (Lipinski definition) is 0. The largest absolute Gasteiger partial charge is 0.490 e. The number of aromatic nitrogens is 4. The van der Waals surface area contributed by atoms with E-state index >= 15 is 0 Å². The summed E-state index contributed by atoms with van der Waals surface area (Å²) in [5.41, 5.74) is 1.61. The van der Waals surface area contributed by atoms with E-state index in [1.165, 1.54) is 20.3 Å². The van der Waals surface area contributed by atoms with Gasteiger partial charge >= 0.3 is 5.69 Å². The molecule has 0 fully saturated rings. The third-order valence-electron chi connectivity index (χ3n) is 5.50. The molecule has 0 atom stereocenters. The molecule has 0 N–H and O–H groups in total. The van der Waals surface area contributed by atoms with Gasteiger partial charge in [0.15, 0.2) is 0 Å². The number of ether oxygens (including phenoxy) is 1. The van der Waals surface area contributed by atoms with Crippen LogP contribution in [0, 0.1) is 12.8 Å². The number of nitrogens with zero attached hydrogens (tertiary/aromatic N) is 5. The lowest BCUT2D eigenvalue weighted by molar-refractivity contribution is -0.119. The molecule has 32 heavy (non-hydrogen) atoms. The van der Waals surface area contributed by atoms with Crippen LogP contribution in [-0.2, 0) is 17.9 Å². The maximum Gasteiger partial charge on any atom is 0.352 e. The topological polar surface area (TPSA) is 90.8 Å². The minimum absolute atomic E-state index is 0.169. The highest BCUT2D eigenvalue weighted by Crippen LogP contribution is 2.32. The first kappa shape index (κ1) is 20.5. The first-order valence-corrected chi connectivity index (χ1v) is 11.4. The maximum absolute atomic E-state index is 13.3. The third kappa shape index (κ3) is 3.22. The average Bonchev–Trinajstić information content (AvgIpc) is 3.35. The van der Waals surface area contributed by atoms with Gasteiger partial charge in [-0.3, -0.25) is 14.2 Å². The summed E-state index contributed by atoms with van der Waals surface area (Å²) in [5.74, 6) is 0.822. The van der Waals surface area contributed by atoms with Crippen molar-refractivity contribution in [2.24, 2.45) is 5.92 Å². The molecular weight excluding hydrogens is 430 g/mol. The smallest absolute Gasteiger partial charge is 0.352 e. The predicted octanol–water partition coefficient (Wildman–Crippen LogP) is 2.26. The van der Waals surface area contributed by atoms with Gasteiger partial charge in [-0.2, -0.15) is 0 Å². The Morgan fingerprint density at radius 1 is 1.25 bits per heavy atom. The number of amides is 1. The highest BCUT2D eigenvalue weighted by molar-refractivity contribution is 7.17. The van der Waals surface area contributed by atoms with Crippen molar-refractivity contribution in [1.82, 2.24) is 18.7 Å². The second-order valence-corrected chi connectivity index (χ2v) is 9.30. The van der Waals surface area contributed by atoms with Gasteiger partial charge in [-0.1, -0.05) is 19.9 Å².